The van der Waals surface area contributed by atoms with Crippen LogP contribution in [-0.4, -0.2) is 56.7 Å². The van der Waals surface area contributed by atoms with Gasteiger partial charge in [0, 0.05) is 26.2 Å². The molecule has 0 saturated carbocycles. The third-order valence-corrected chi connectivity index (χ3v) is 5.71. The van der Waals surface area contributed by atoms with E-state index in [1.165, 1.54) is 37.1 Å². The molecular weight excluding hydrogens is 360 g/mol. The summed E-state index contributed by atoms with van der Waals surface area (Å²) in [5.41, 5.74) is 2.71. The van der Waals surface area contributed by atoms with E-state index >= 15 is 0 Å². The van der Waals surface area contributed by atoms with E-state index in [2.05, 4.69) is 59.3 Å². The zero-order valence-corrected chi connectivity index (χ0v) is 18.3. The molecule has 29 heavy (non-hydrogen) atoms. The maximum atomic E-state index is 5.64. The van der Waals surface area contributed by atoms with E-state index in [1.54, 1.807) is 7.11 Å². The monoisotopic (exact) mass is 396 g/mol. The zero-order chi connectivity index (χ0) is 20.5. The van der Waals surface area contributed by atoms with E-state index in [4.69, 9.17) is 9.47 Å². The number of benzene rings is 2. The van der Waals surface area contributed by atoms with E-state index in [9.17, 15) is 0 Å². The van der Waals surface area contributed by atoms with Crippen molar-refractivity contribution in [2.45, 2.75) is 32.7 Å². The van der Waals surface area contributed by atoms with Crippen LogP contribution in [0, 0.1) is 5.92 Å². The molecule has 0 aromatic heterocycles. The highest BCUT2D eigenvalue weighted by Crippen LogP contribution is 2.20. The molecule has 0 bridgehead atoms. The second-order valence-corrected chi connectivity index (χ2v) is 8.18. The van der Waals surface area contributed by atoms with Gasteiger partial charge >= 0.3 is 0 Å². The van der Waals surface area contributed by atoms with E-state index in [1.807, 2.05) is 13.0 Å². The molecular formula is C25H36N2O2. The van der Waals surface area contributed by atoms with Crippen LogP contribution < -0.4 is 9.47 Å². The van der Waals surface area contributed by atoms with Gasteiger partial charge in [-0.1, -0.05) is 24.3 Å². The highest BCUT2D eigenvalue weighted by Gasteiger charge is 2.21. The van der Waals surface area contributed by atoms with Gasteiger partial charge in [-0.3, -0.25) is 0 Å². The second-order valence-electron chi connectivity index (χ2n) is 8.18. The molecule has 3 rings (SSSR count). The first-order chi connectivity index (χ1) is 14.2. The molecule has 0 spiro atoms. The standard InChI is InChI=1S/C25H36N2O2/c1-4-29-25-9-5-7-22(17-25)18-26(2)19-23-8-6-15-27(20-23)16-14-21-10-12-24(28-3)13-11-21/h5,7,9-13,17,23H,4,6,8,14-16,18-20H2,1-3H3/t23-/m0/s1. The van der Waals surface area contributed by atoms with Crippen LogP contribution in [0.15, 0.2) is 48.5 Å². The SMILES string of the molecule is CCOc1cccc(CN(C)C[C@@H]2CCCN(CCc3ccc(OC)cc3)C2)c1. The molecule has 1 aliphatic heterocycles. The van der Waals surface area contributed by atoms with Crippen LogP contribution in [0.3, 0.4) is 0 Å². The Labute approximate surface area is 176 Å². The van der Waals surface area contributed by atoms with Gasteiger partial charge in [-0.2, -0.15) is 0 Å². The van der Waals surface area contributed by atoms with Crippen molar-refractivity contribution in [2.24, 2.45) is 5.92 Å². The highest BCUT2D eigenvalue weighted by atomic mass is 16.5. The minimum absolute atomic E-state index is 0.716. The lowest BCUT2D eigenvalue weighted by Gasteiger charge is -2.34. The molecule has 1 saturated heterocycles. The molecule has 1 atom stereocenters. The zero-order valence-electron chi connectivity index (χ0n) is 18.3. The van der Waals surface area contributed by atoms with E-state index in [0.717, 1.165) is 43.5 Å². The number of hydrogen-bond acceptors (Lipinski definition) is 4. The Balaban J connectivity index is 1.44. The van der Waals surface area contributed by atoms with Gasteiger partial charge in [0.25, 0.3) is 0 Å². The smallest absolute Gasteiger partial charge is 0.119 e. The summed E-state index contributed by atoms with van der Waals surface area (Å²) >= 11 is 0. The highest BCUT2D eigenvalue weighted by molar-refractivity contribution is 5.28. The Kier molecular flexibility index (Phi) is 8.38. The summed E-state index contributed by atoms with van der Waals surface area (Å²) in [4.78, 5) is 5.10. The predicted octanol–water partition coefficient (Wildman–Crippen LogP) is 4.48. The molecule has 1 aliphatic rings. The minimum atomic E-state index is 0.716. The summed E-state index contributed by atoms with van der Waals surface area (Å²) in [5, 5.41) is 0. The molecule has 0 radical (unpaired) electrons. The molecule has 1 fully saturated rings. The third-order valence-electron chi connectivity index (χ3n) is 5.71. The Morgan fingerprint density at radius 3 is 2.66 bits per heavy atom. The topological polar surface area (TPSA) is 24.9 Å². The molecule has 2 aromatic rings. The lowest BCUT2D eigenvalue weighted by Crippen LogP contribution is -2.40. The summed E-state index contributed by atoms with van der Waals surface area (Å²) in [6.45, 7) is 8.45. The predicted molar refractivity (Wildman–Crippen MR) is 120 cm³/mol. The van der Waals surface area contributed by atoms with Gasteiger partial charge in [0.2, 0.25) is 0 Å². The van der Waals surface area contributed by atoms with Crippen LogP contribution in [0.1, 0.15) is 30.9 Å². The quantitative estimate of drug-likeness (QED) is 0.591. The summed E-state index contributed by atoms with van der Waals surface area (Å²) in [7, 11) is 3.96. The van der Waals surface area contributed by atoms with Crippen molar-refractivity contribution in [3.8, 4) is 11.5 Å². The Bertz CT molecular complexity index is 732. The van der Waals surface area contributed by atoms with Crippen molar-refractivity contribution in [3.05, 3.63) is 59.7 Å². The molecule has 0 amide bonds. The maximum absolute atomic E-state index is 5.64. The summed E-state index contributed by atoms with van der Waals surface area (Å²) < 4.78 is 10.9. The molecule has 2 aromatic carbocycles. The normalized spacial score (nSPS) is 17.4. The van der Waals surface area contributed by atoms with E-state index in [0.29, 0.717) is 6.61 Å². The molecule has 4 nitrogen and oxygen atoms in total. The number of likely N-dealkylation sites (tertiary alicyclic amines) is 1. The van der Waals surface area contributed by atoms with Crippen molar-refractivity contribution >= 4 is 0 Å². The van der Waals surface area contributed by atoms with E-state index < -0.39 is 0 Å². The van der Waals surface area contributed by atoms with Crippen molar-refractivity contribution in [2.75, 3.05) is 46.9 Å². The first kappa shape index (κ1) is 21.7. The number of methoxy groups -OCH3 is 1. The van der Waals surface area contributed by atoms with Crippen LogP contribution in [0.4, 0.5) is 0 Å². The maximum Gasteiger partial charge on any atom is 0.119 e. The number of nitrogens with zero attached hydrogens (tertiary/aromatic N) is 2. The van der Waals surface area contributed by atoms with Gasteiger partial charge < -0.3 is 19.3 Å². The second kappa shape index (κ2) is 11.2. The first-order valence-corrected chi connectivity index (χ1v) is 10.9. The Hall–Kier alpha value is -2.04. The molecule has 0 unspecified atom stereocenters. The van der Waals surface area contributed by atoms with Gasteiger partial charge in [0.15, 0.2) is 0 Å². The lowest BCUT2D eigenvalue weighted by atomic mass is 9.97. The van der Waals surface area contributed by atoms with Crippen LogP contribution in [0.5, 0.6) is 11.5 Å². The van der Waals surface area contributed by atoms with Gasteiger partial charge in [-0.25, -0.2) is 0 Å². The van der Waals surface area contributed by atoms with Gasteiger partial charge in [0.1, 0.15) is 11.5 Å². The van der Waals surface area contributed by atoms with E-state index in [-0.39, 0.29) is 0 Å². The number of rotatable bonds is 10. The summed E-state index contributed by atoms with van der Waals surface area (Å²) in [5.74, 6) is 2.65. The fraction of sp³-hybridized carbons (Fsp3) is 0.520. The van der Waals surface area contributed by atoms with Crippen molar-refractivity contribution in [1.82, 2.24) is 9.80 Å². The number of hydrogen-bond donors (Lipinski definition) is 0. The van der Waals surface area contributed by atoms with Crippen LogP contribution in [0.25, 0.3) is 0 Å². The Morgan fingerprint density at radius 1 is 1.07 bits per heavy atom. The summed E-state index contributed by atoms with van der Waals surface area (Å²) in [6.07, 6.45) is 3.75. The summed E-state index contributed by atoms with van der Waals surface area (Å²) in [6, 6.07) is 17.0. The van der Waals surface area contributed by atoms with Gasteiger partial charge in [-0.15, -0.1) is 0 Å². The third kappa shape index (κ3) is 7.06. The van der Waals surface area contributed by atoms with Crippen molar-refractivity contribution in [3.63, 3.8) is 0 Å². The van der Waals surface area contributed by atoms with Crippen molar-refractivity contribution in [1.29, 1.82) is 0 Å². The fourth-order valence-corrected chi connectivity index (χ4v) is 4.30. The van der Waals surface area contributed by atoms with Crippen LogP contribution in [-0.2, 0) is 13.0 Å². The number of piperidine rings is 1. The average molecular weight is 397 g/mol. The van der Waals surface area contributed by atoms with Crippen molar-refractivity contribution < 1.29 is 9.47 Å². The van der Waals surface area contributed by atoms with Gasteiger partial charge in [0.05, 0.1) is 13.7 Å². The van der Waals surface area contributed by atoms with Gasteiger partial charge in [-0.05, 0) is 81.1 Å². The molecule has 4 heteroatoms. The Morgan fingerprint density at radius 2 is 1.90 bits per heavy atom. The molecule has 0 aliphatic carbocycles. The molecule has 0 N–H and O–H groups in total. The molecule has 1 heterocycles. The van der Waals surface area contributed by atoms with Crippen LogP contribution in [0.2, 0.25) is 0 Å². The lowest BCUT2D eigenvalue weighted by molar-refractivity contribution is 0.142. The first-order valence-electron chi connectivity index (χ1n) is 10.9. The fourth-order valence-electron chi connectivity index (χ4n) is 4.30. The minimum Gasteiger partial charge on any atom is -0.497 e. The number of ether oxygens (including phenoxy) is 2. The average Bonchev–Trinajstić information content (AvgIpc) is 2.73. The largest absolute Gasteiger partial charge is 0.497 e. The van der Waals surface area contributed by atoms with Crippen LogP contribution >= 0.6 is 0 Å². The molecule has 158 valence electrons.